The monoisotopic (exact) mass is 331 g/mol. The Balaban J connectivity index is 1.69. The standard InChI is InChI=1S/C17H21N3O2S/c18-14-5-2-1-4-13(14)17(21)19-12-15(16-6-3-11-23-16)20-7-9-22-10-8-20/h1-6,11,15H,7-10,12,18H2,(H,19,21). The molecule has 2 heterocycles. The number of nitrogens with two attached hydrogens (primary N) is 1. The van der Waals surface area contributed by atoms with Crippen LogP contribution in [-0.4, -0.2) is 43.7 Å². The summed E-state index contributed by atoms with van der Waals surface area (Å²) in [5.41, 5.74) is 6.91. The van der Waals surface area contributed by atoms with Crippen molar-refractivity contribution >= 4 is 22.9 Å². The van der Waals surface area contributed by atoms with Gasteiger partial charge in [0.2, 0.25) is 0 Å². The van der Waals surface area contributed by atoms with Crippen molar-refractivity contribution in [3.05, 3.63) is 52.2 Å². The number of ether oxygens (including phenoxy) is 1. The number of hydrogen-bond acceptors (Lipinski definition) is 5. The lowest BCUT2D eigenvalue weighted by Crippen LogP contribution is -2.43. The van der Waals surface area contributed by atoms with Crippen LogP contribution in [0.3, 0.4) is 0 Å². The highest BCUT2D eigenvalue weighted by atomic mass is 32.1. The van der Waals surface area contributed by atoms with Crippen LogP contribution in [0.1, 0.15) is 21.3 Å². The summed E-state index contributed by atoms with van der Waals surface area (Å²) in [4.78, 5) is 16.0. The first-order valence-electron chi connectivity index (χ1n) is 7.73. The number of nitrogens with zero attached hydrogens (tertiary/aromatic N) is 1. The molecule has 122 valence electrons. The number of carbonyl (C=O) groups excluding carboxylic acids is 1. The minimum Gasteiger partial charge on any atom is -0.398 e. The first-order chi connectivity index (χ1) is 11.3. The molecule has 1 atom stereocenters. The lowest BCUT2D eigenvalue weighted by Gasteiger charge is -2.34. The molecule has 2 aromatic rings. The van der Waals surface area contributed by atoms with E-state index in [-0.39, 0.29) is 11.9 Å². The molecule has 1 aromatic heterocycles. The smallest absolute Gasteiger partial charge is 0.253 e. The van der Waals surface area contributed by atoms with E-state index in [0.29, 0.717) is 17.8 Å². The second kappa shape index (κ2) is 7.59. The van der Waals surface area contributed by atoms with Gasteiger partial charge in [-0.15, -0.1) is 11.3 Å². The van der Waals surface area contributed by atoms with Gasteiger partial charge < -0.3 is 15.8 Å². The fourth-order valence-corrected chi connectivity index (χ4v) is 3.63. The van der Waals surface area contributed by atoms with E-state index in [1.54, 1.807) is 23.5 Å². The van der Waals surface area contributed by atoms with Crippen molar-refractivity contribution in [3.63, 3.8) is 0 Å². The molecule has 5 nitrogen and oxygen atoms in total. The highest BCUT2D eigenvalue weighted by Gasteiger charge is 2.24. The number of thiophene rings is 1. The van der Waals surface area contributed by atoms with Gasteiger partial charge in [0.25, 0.3) is 5.91 Å². The van der Waals surface area contributed by atoms with Gasteiger partial charge in [-0.1, -0.05) is 18.2 Å². The molecule has 0 aliphatic carbocycles. The van der Waals surface area contributed by atoms with E-state index < -0.39 is 0 Å². The zero-order valence-electron chi connectivity index (χ0n) is 12.9. The predicted molar refractivity (Wildman–Crippen MR) is 92.6 cm³/mol. The highest BCUT2D eigenvalue weighted by Crippen LogP contribution is 2.25. The number of benzene rings is 1. The van der Waals surface area contributed by atoms with E-state index in [9.17, 15) is 4.79 Å². The SMILES string of the molecule is Nc1ccccc1C(=O)NCC(c1cccs1)N1CCOCC1. The van der Waals surface area contributed by atoms with Gasteiger partial charge >= 0.3 is 0 Å². The van der Waals surface area contributed by atoms with Crippen LogP contribution in [0.25, 0.3) is 0 Å². The van der Waals surface area contributed by atoms with E-state index in [1.165, 1.54) is 4.88 Å². The van der Waals surface area contributed by atoms with Gasteiger partial charge in [0.1, 0.15) is 0 Å². The lowest BCUT2D eigenvalue weighted by atomic mass is 10.1. The fraction of sp³-hybridized carbons (Fsp3) is 0.353. The summed E-state index contributed by atoms with van der Waals surface area (Å²) >= 11 is 1.72. The molecule has 1 amide bonds. The molecule has 0 spiro atoms. The Morgan fingerprint density at radius 3 is 2.74 bits per heavy atom. The molecular weight excluding hydrogens is 310 g/mol. The second-order valence-corrected chi connectivity index (χ2v) is 6.46. The van der Waals surface area contributed by atoms with Gasteiger partial charge in [-0.3, -0.25) is 9.69 Å². The van der Waals surface area contributed by atoms with Crippen molar-refractivity contribution in [2.75, 3.05) is 38.6 Å². The van der Waals surface area contributed by atoms with E-state index >= 15 is 0 Å². The third kappa shape index (κ3) is 3.90. The second-order valence-electron chi connectivity index (χ2n) is 5.48. The molecule has 0 radical (unpaired) electrons. The maximum atomic E-state index is 12.4. The van der Waals surface area contributed by atoms with Gasteiger partial charge in [-0.2, -0.15) is 0 Å². The molecule has 0 saturated carbocycles. The first kappa shape index (κ1) is 16.0. The number of morpholine rings is 1. The van der Waals surface area contributed by atoms with Gasteiger partial charge in [-0.25, -0.2) is 0 Å². The molecule has 6 heteroatoms. The molecule has 0 bridgehead atoms. The number of carbonyl (C=O) groups is 1. The van der Waals surface area contributed by atoms with Gasteiger partial charge in [0.15, 0.2) is 0 Å². The van der Waals surface area contributed by atoms with Crippen molar-refractivity contribution in [3.8, 4) is 0 Å². The quantitative estimate of drug-likeness (QED) is 0.824. The number of anilines is 1. The van der Waals surface area contributed by atoms with Crippen molar-refractivity contribution in [1.82, 2.24) is 10.2 Å². The maximum absolute atomic E-state index is 12.4. The van der Waals surface area contributed by atoms with E-state index in [0.717, 1.165) is 26.3 Å². The third-order valence-electron chi connectivity index (χ3n) is 4.02. The Morgan fingerprint density at radius 1 is 1.26 bits per heavy atom. The molecule has 1 unspecified atom stereocenters. The Morgan fingerprint density at radius 2 is 2.04 bits per heavy atom. The predicted octanol–water partition coefficient (Wildman–Crippen LogP) is 2.13. The summed E-state index contributed by atoms with van der Waals surface area (Å²) < 4.78 is 5.44. The zero-order valence-corrected chi connectivity index (χ0v) is 13.7. The van der Waals surface area contributed by atoms with E-state index in [1.807, 2.05) is 18.2 Å². The van der Waals surface area contributed by atoms with Crippen LogP contribution >= 0.6 is 11.3 Å². The molecule has 3 N–H and O–H groups in total. The van der Waals surface area contributed by atoms with Crippen molar-refractivity contribution in [2.24, 2.45) is 0 Å². The molecule has 1 aliphatic rings. The molecule has 1 saturated heterocycles. The number of nitrogens with one attached hydrogen (secondary N) is 1. The Bertz CT molecular complexity index is 639. The topological polar surface area (TPSA) is 67.6 Å². The first-order valence-corrected chi connectivity index (χ1v) is 8.61. The molecule has 1 aromatic carbocycles. The third-order valence-corrected chi connectivity index (χ3v) is 4.99. The zero-order chi connectivity index (χ0) is 16.1. The summed E-state index contributed by atoms with van der Waals surface area (Å²) in [6, 6.07) is 11.5. The van der Waals surface area contributed by atoms with Crippen LogP contribution < -0.4 is 11.1 Å². The molecular formula is C17H21N3O2S. The molecule has 23 heavy (non-hydrogen) atoms. The fourth-order valence-electron chi connectivity index (χ4n) is 2.77. The van der Waals surface area contributed by atoms with Crippen LogP contribution in [0.15, 0.2) is 41.8 Å². The van der Waals surface area contributed by atoms with E-state index in [2.05, 4.69) is 21.7 Å². The normalized spacial score (nSPS) is 16.9. The van der Waals surface area contributed by atoms with Crippen LogP contribution in [0.4, 0.5) is 5.69 Å². The Hall–Kier alpha value is -1.89. The summed E-state index contributed by atoms with van der Waals surface area (Å²) in [5, 5.41) is 5.10. The van der Waals surface area contributed by atoms with Gasteiger partial charge in [0.05, 0.1) is 24.8 Å². The summed E-state index contributed by atoms with van der Waals surface area (Å²) in [6.45, 7) is 3.80. The van der Waals surface area contributed by atoms with Gasteiger partial charge in [0, 0.05) is 30.2 Å². The number of rotatable bonds is 5. The number of hydrogen-bond donors (Lipinski definition) is 2. The van der Waals surface area contributed by atoms with E-state index in [4.69, 9.17) is 10.5 Å². The highest BCUT2D eigenvalue weighted by molar-refractivity contribution is 7.10. The number of para-hydroxylation sites is 1. The largest absolute Gasteiger partial charge is 0.398 e. The lowest BCUT2D eigenvalue weighted by molar-refractivity contribution is 0.0169. The maximum Gasteiger partial charge on any atom is 0.253 e. The molecule has 1 aliphatic heterocycles. The van der Waals surface area contributed by atoms with Crippen LogP contribution in [-0.2, 0) is 4.74 Å². The van der Waals surface area contributed by atoms with Crippen molar-refractivity contribution < 1.29 is 9.53 Å². The molecule has 3 rings (SSSR count). The van der Waals surface area contributed by atoms with Gasteiger partial charge in [-0.05, 0) is 23.6 Å². The number of amides is 1. The minimum absolute atomic E-state index is 0.127. The van der Waals surface area contributed by atoms with Crippen LogP contribution in [0, 0.1) is 0 Å². The van der Waals surface area contributed by atoms with Crippen molar-refractivity contribution in [1.29, 1.82) is 0 Å². The number of nitrogen functional groups attached to an aromatic ring is 1. The molecule has 1 fully saturated rings. The average molecular weight is 331 g/mol. The minimum atomic E-state index is -0.127. The van der Waals surface area contributed by atoms with Crippen molar-refractivity contribution in [2.45, 2.75) is 6.04 Å². The Kier molecular flexibility index (Phi) is 5.27. The summed E-state index contributed by atoms with van der Waals surface area (Å²) in [7, 11) is 0. The Labute approximate surface area is 140 Å². The van der Waals surface area contributed by atoms with Crippen LogP contribution in [0.2, 0.25) is 0 Å². The average Bonchev–Trinajstić information content (AvgIpc) is 3.10. The summed E-state index contributed by atoms with van der Waals surface area (Å²) in [6.07, 6.45) is 0. The summed E-state index contributed by atoms with van der Waals surface area (Å²) in [5.74, 6) is -0.127. The van der Waals surface area contributed by atoms with Crippen LogP contribution in [0.5, 0.6) is 0 Å².